The number of hydrogen-bond acceptors (Lipinski definition) is 4. The molecule has 1 aromatic heterocycles. The van der Waals surface area contributed by atoms with Crippen LogP contribution in [0.2, 0.25) is 0 Å². The molecule has 1 unspecified atom stereocenters. The second-order valence-corrected chi connectivity index (χ2v) is 9.22. The van der Waals surface area contributed by atoms with Crippen molar-refractivity contribution in [3.8, 4) is 0 Å². The summed E-state index contributed by atoms with van der Waals surface area (Å²) >= 11 is 1.68. The maximum Gasteiger partial charge on any atom is 0.242 e. The molecule has 2 N–H and O–H groups in total. The van der Waals surface area contributed by atoms with Crippen LogP contribution in [0.5, 0.6) is 0 Å². The van der Waals surface area contributed by atoms with E-state index >= 15 is 0 Å². The number of aryl methyl sites for hydroxylation is 2. The van der Waals surface area contributed by atoms with Gasteiger partial charge in [-0.05, 0) is 48.4 Å². The van der Waals surface area contributed by atoms with Crippen molar-refractivity contribution in [3.05, 3.63) is 64.1 Å². The Bertz CT molecular complexity index is 1030. The SMILES string of the molecule is Cc1csc(CCCCNC(=O)C(NC(=O)Cc2ccc3ccccc3c2)C(C)C)n1. The summed E-state index contributed by atoms with van der Waals surface area (Å²) in [6.07, 6.45) is 3.06. The van der Waals surface area contributed by atoms with Gasteiger partial charge in [0.2, 0.25) is 11.8 Å². The van der Waals surface area contributed by atoms with Crippen molar-refractivity contribution in [2.45, 2.75) is 52.5 Å². The molecule has 31 heavy (non-hydrogen) atoms. The Morgan fingerprint density at radius 1 is 1.06 bits per heavy atom. The molecule has 2 aromatic carbocycles. The molecular formula is C25H31N3O2S. The highest BCUT2D eigenvalue weighted by Crippen LogP contribution is 2.16. The van der Waals surface area contributed by atoms with Crippen molar-refractivity contribution in [1.82, 2.24) is 15.6 Å². The van der Waals surface area contributed by atoms with Gasteiger partial charge in [0, 0.05) is 17.6 Å². The van der Waals surface area contributed by atoms with Crippen molar-refractivity contribution in [1.29, 1.82) is 0 Å². The summed E-state index contributed by atoms with van der Waals surface area (Å²) in [6.45, 7) is 6.50. The number of nitrogens with zero attached hydrogens (tertiary/aromatic N) is 1. The molecule has 0 saturated carbocycles. The van der Waals surface area contributed by atoms with E-state index in [1.807, 2.05) is 57.2 Å². The van der Waals surface area contributed by atoms with Gasteiger partial charge in [-0.2, -0.15) is 0 Å². The average Bonchev–Trinajstić information content (AvgIpc) is 3.16. The van der Waals surface area contributed by atoms with Crippen molar-refractivity contribution < 1.29 is 9.59 Å². The zero-order valence-electron chi connectivity index (χ0n) is 18.5. The molecule has 0 aliphatic rings. The fourth-order valence-corrected chi connectivity index (χ4v) is 4.35. The van der Waals surface area contributed by atoms with Crippen LogP contribution in [-0.2, 0) is 22.4 Å². The second kappa shape index (κ2) is 11.0. The van der Waals surface area contributed by atoms with Gasteiger partial charge in [0.1, 0.15) is 6.04 Å². The molecule has 2 amide bonds. The Kier molecular flexibility index (Phi) is 8.18. The molecule has 5 nitrogen and oxygen atoms in total. The predicted molar refractivity (Wildman–Crippen MR) is 127 cm³/mol. The Morgan fingerprint density at radius 3 is 2.55 bits per heavy atom. The van der Waals surface area contributed by atoms with Crippen molar-refractivity contribution >= 4 is 33.9 Å². The van der Waals surface area contributed by atoms with E-state index in [2.05, 4.69) is 27.1 Å². The number of thiazole rings is 1. The molecule has 6 heteroatoms. The number of rotatable bonds is 10. The lowest BCUT2D eigenvalue weighted by atomic mass is 10.0. The van der Waals surface area contributed by atoms with E-state index in [9.17, 15) is 9.59 Å². The molecule has 1 atom stereocenters. The van der Waals surface area contributed by atoms with Crippen LogP contribution in [-0.4, -0.2) is 29.4 Å². The van der Waals surface area contributed by atoms with Crippen LogP contribution in [0.4, 0.5) is 0 Å². The van der Waals surface area contributed by atoms with Crippen molar-refractivity contribution in [2.24, 2.45) is 5.92 Å². The largest absolute Gasteiger partial charge is 0.354 e. The Hall–Kier alpha value is -2.73. The Morgan fingerprint density at radius 2 is 1.84 bits per heavy atom. The van der Waals surface area contributed by atoms with E-state index in [1.54, 1.807) is 11.3 Å². The number of nitrogens with one attached hydrogen (secondary N) is 2. The van der Waals surface area contributed by atoms with E-state index in [1.165, 1.54) is 0 Å². The lowest BCUT2D eigenvalue weighted by molar-refractivity contribution is -0.129. The van der Waals surface area contributed by atoms with Gasteiger partial charge in [-0.25, -0.2) is 4.98 Å². The smallest absolute Gasteiger partial charge is 0.242 e. The highest BCUT2D eigenvalue weighted by atomic mass is 32.1. The molecule has 0 saturated heterocycles. The number of unbranched alkanes of at least 4 members (excludes halogenated alkanes) is 1. The lowest BCUT2D eigenvalue weighted by Gasteiger charge is -2.22. The number of aromatic nitrogens is 1. The van der Waals surface area contributed by atoms with E-state index in [0.29, 0.717) is 6.54 Å². The third-order valence-corrected chi connectivity index (χ3v) is 6.25. The van der Waals surface area contributed by atoms with Crippen LogP contribution in [0.25, 0.3) is 10.8 Å². The highest BCUT2D eigenvalue weighted by molar-refractivity contribution is 7.09. The van der Waals surface area contributed by atoms with E-state index in [4.69, 9.17) is 0 Å². The van der Waals surface area contributed by atoms with Crippen molar-refractivity contribution in [3.63, 3.8) is 0 Å². The summed E-state index contributed by atoms with van der Waals surface area (Å²) in [5, 5.41) is 11.4. The fourth-order valence-electron chi connectivity index (χ4n) is 3.53. The quantitative estimate of drug-likeness (QED) is 0.461. The molecule has 0 radical (unpaired) electrons. The van der Waals surface area contributed by atoms with Crippen LogP contribution >= 0.6 is 11.3 Å². The second-order valence-electron chi connectivity index (χ2n) is 8.28. The molecule has 3 rings (SSSR count). The predicted octanol–water partition coefficient (Wildman–Crippen LogP) is 4.43. The molecule has 0 aliphatic heterocycles. The standard InChI is InChI=1S/C25H31N3O2S/c1-17(2)24(25(30)26-13-7-6-10-23-27-18(3)16-31-23)28-22(29)15-19-11-12-20-8-4-5-9-21(20)14-19/h4-5,8-9,11-12,14,16-17,24H,6-7,10,13,15H2,1-3H3,(H,26,30)(H,28,29). The third kappa shape index (κ3) is 6.89. The van der Waals surface area contributed by atoms with Crippen LogP contribution < -0.4 is 10.6 Å². The summed E-state index contributed by atoms with van der Waals surface area (Å²) in [5.74, 6) is -0.242. The first kappa shape index (κ1) is 22.9. The molecule has 1 heterocycles. The number of amides is 2. The number of fused-ring (bicyclic) bond motifs is 1. The van der Waals surface area contributed by atoms with Crippen LogP contribution in [0, 0.1) is 12.8 Å². The monoisotopic (exact) mass is 437 g/mol. The molecular weight excluding hydrogens is 406 g/mol. The van der Waals surface area contributed by atoms with Gasteiger partial charge in [-0.15, -0.1) is 11.3 Å². The Labute approximate surface area is 188 Å². The number of hydrogen-bond donors (Lipinski definition) is 2. The first-order valence-electron chi connectivity index (χ1n) is 10.9. The maximum atomic E-state index is 12.6. The van der Waals surface area contributed by atoms with Gasteiger partial charge in [0.05, 0.1) is 11.4 Å². The van der Waals surface area contributed by atoms with E-state index < -0.39 is 6.04 Å². The van der Waals surface area contributed by atoms with E-state index in [-0.39, 0.29) is 24.2 Å². The minimum absolute atomic E-state index is 0.0128. The third-order valence-electron chi connectivity index (χ3n) is 5.23. The maximum absolute atomic E-state index is 12.6. The summed E-state index contributed by atoms with van der Waals surface area (Å²) < 4.78 is 0. The normalized spacial score (nSPS) is 12.1. The number of carbonyl (C=O) groups excluding carboxylic acids is 2. The summed E-state index contributed by atoms with van der Waals surface area (Å²) in [4.78, 5) is 29.7. The summed E-state index contributed by atoms with van der Waals surface area (Å²) in [7, 11) is 0. The molecule has 3 aromatic rings. The molecule has 164 valence electrons. The fraction of sp³-hybridized carbons (Fsp3) is 0.400. The van der Waals surface area contributed by atoms with Gasteiger partial charge in [0.25, 0.3) is 0 Å². The van der Waals surface area contributed by atoms with Gasteiger partial charge in [-0.3, -0.25) is 9.59 Å². The lowest BCUT2D eigenvalue weighted by Crippen LogP contribution is -2.50. The summed E-state index contributed by atoms with van der Waals surface area (Å²) in [5.41, 5.74) is 2.00. The average molecular weight is 438 g/mol. The molecule has 0 bridgehead atoms. The number of benzene rings is 2. The van der Waals surface area contributed by atoms with Crippen LogP contribution in [0.15, 0.2) is 47.8 Å². The van der Waals surface area contributed by atoms with Crippen LogP contribution in [0.3, 0.4) is 0 Å². The van der Waals surface area contributed by atoms with Crippen molar-refractivity contribution in [2.75, 3.05) is 6.54 Å². The summed E-state index contributed by atoms with van der Waals surface area (Å²) in [6, 6.07) is 13.6. The van der Waals surface area contributed by atoms with Crippen LogP contribution in [0.1, 0.15) is 43.0 Å². The zero-order chi connectivity index (χ0) is 22.2. The van der Waals surface area contributed by atoms with Gasteiger partial charge >= 0.3 is 0 Å². The topological polar surface area (TPSA) is 71.1 Å². The number of carbonyl (C=O) groups is 2. The minimum Gasteiger partial charge on any atom is -0.354 e. The zero-order valence-corrected chi connectivity index (χ0v) is 19.3. The van der Waals surface area contributed by atoms with Gasteiger partial charge in [-0.1, -0.05) is 56.3 Å². The minimum atomic E-state index is -0.533. The van der Waals surface area contributed by atoms with Gasteiger partial charge < -0.3 is 10.6 Å². The molecule has 0 aliphatic carbocycles. The van der Waals surface area contributed by atoms with E-state index in [0.717, 1.165) is 46.3 Å². The molecule has 0 spiro atoms. The molecule has 0 fully saturated rings. The highest BCUT2D eigenvalue weighted by Gasteiger charge is 2.23. The first-order valence-corrected chi connectivity index (χ1v) is 11.8. The first-order chi connectivity index (χ1) is 14.9. The van der Waals surface area contributed by atoms with Gasteiger partial charge in [0.15, 0.2) is 0 Å². The Balaban J connectivity index is 1.45.